The van der Waals surface area contributed by atoms with Gasteiger partial charge >= 0.3 is 6.18 Å². The number of rotatable bonds is 3. The highest BCUT2D eigenvalue weighted by molar-refractivity contribution is 7.90. The summed E-state index contributed by atoms with van der Waals surface area (Å²) >= 11 is -1.50. The van der Waals surface area contributed by atoms with Crippen LogP contribution in [0.25, 0.3) is 0 Å². The van der Waals surface area contributed by atoms with Crippen LogP contribution >= 0.6 is 0 Å². The van der Waals surface area contributed by atoms with Crippen LogP contribution in [0.2, 0.25) is 0 Å². The summed E-state index contributed by atoms with van der Waals surface area (Å²) in [5.74, 6) is -1.33. The van der Waals surface area contributed by atoms with Crippen molar-refractivity contribution in [3.05, 3.63) is 35.1 Å². The fourth-order valence-electron chi connectivity index (χ4n) is 1.50. The molecule has 0 saturated carbocycles. The van der Waals surface area contributed by atoms with Crippen LogP contribution in [0.3, 0.4) is 0 Å². The van der Waals surface area contributed by atoms with Gasteiger partial charge in [-0.1, -0.05) is 12.1 Å². The maximum Gasteiger partial charge on any atom is 0.419 e. The number of hydrogen-bond donors (Lipinski definition) is 1. The van der Waals surface area contributed by atoms with Crippen LogP contribution < -0.4 is 4.72 Å². The SMILES string of the molecule is C[C@@H](N[S@+]([O-])C(C)(C)C)c1cccc(C(F)(F)F)c1F. The Labute approximate surface area is 118 Å². The van der Waals surface area contributed by atoms with Crippen LogP contribution in [0, 0.1) is 5.82 Å². The Bertz CT molecular complexity index is 470. The van der Waals surface area contributed by atoms with E-state index in [1.54, 1.807) is 20.8 Å². The largest absolute Gasteiger partial charge is 0.598 e. The van der Waals surface area contributed by atoms with Crippen molar-refractivity contribution in [3.8, 4) is 0 Å². The molecule has 0 aliphatic heterocycles. The van der Waals surface area contributed by atoms with Crippen molar-refractivity contribution in [3.63, 3.8) is 0 Å². The topological polar surface area (TPSA) is 35.1 Å². The standard InChI is InChI=1S/C13H17F4NOS/c1-8(18-20(19)12(2,3)4)9-6-5-7-10(11(9)14)13(15,16)17/h5-8,18H,1-4H3/t8-,20-/m1/s1. The molecular weight excluding hydrogens is 294 g/mol. The number of benzene rings is 1. The molecule has 7 heteroatoms. The minimum absolute atomic E-state index is 0.155. The molecule has 0 amide bonds. The second-order valence-electron chi connectivity index (χ2n) is 5.43. The lowest BCUT2D eigenvalue weighted by Gasteiger charge is -2.27. The average molecular weight is 311 g/mol. The van der Waals surface area contributed by atoms with E-state index in [1.165, 1.54) is 13.0 Å². The van der Waals surface area contributed by atoms with Crippen LogP contribution in [0.5, 0.6) is 0 Å². The van der Waals surface area contributed by atoms with Crippen LogP contribution in [-0.2, 0) is 17.5 Å². The van der Waals surface area contributed by atoms with E-state index >= 15 is 0 Å². The molecule has 1 aromatic carbocycles. The van der Waals surface area contributed by atoms with E-state index in [2.05, 4.69) is 4.72 Å². The highest BCUT2D eigenvalue weighted by Crippen LogP contribution is 2.34. The lowest BCUT2D eigenvalue weighted by Crippen LogP contribution is -2.40. The van der Waals surface area contributed by atoms with Gasteiger partial charge in [-0.3, -0.25) is 0 Å². The highest BCUT2D eigenvalue weighted by Gasteiger charge is 2.36. The minimum atomic E-state index is -4.75. The molecule has 1 N–H and O–H groups in total. The molecule has 0 radical (unpaired) electrons. The van der Waals surface area contributed by atoms with E-state index in [9.17, 15) is 22.1 Å². The second-order valence-corrected chi connectivity index (χ2v) is 7.43. The summed E-state index contributed by atoms with van der Waals surface area (Å²) in [6.07, 6.45) is -4.75. The summed E-state index contributed by atoms with van der Waals surface area (Å²) in [7, 11) is 0. The molecule has 0 heterocycles. The number of alkyl halides is 3. The maximum absolute atomic E-state index is 13.9. The zero-order valence-corrected chi connectivity index (χ0v) is 12.5. The van der Waals surface area contributed by atoms with Crippen molar-refractivity contribution >= 4 is 11.4 Å². The molecule has 0 saturated heterocycles. The van der Waals surface area contributed by atoms with Crippen LogP contribution in [-0.4, -0.2) is 9.30 Å². The Morgan fingerprint density at radius 3 is 2.20 bits per heavy atom. The molecule has 0 spiro atoms. The molecular formula is C13H17F4NOS. The van der Waals surface area contributed by atoms with Gasteiger partial charge in [0.1, 0.15) is 10.6 Å². The normalized spacial score (nSPS) is 16.1. The fourth-order valence-corrected chi connectivity index (χ4v) is 2.31. The van der Waals surface area contributed by atoms with Gasteiger partial charge in [-0.15, -0.1) is 4.72 Å². The summed E-state index contributed by atoms with van der Waals surface area (Å²) in [6.45, 7) is 6.62. The van der Waals surface area contributed by atoms with Crippen LogP contribution in [0.15, 0.2) is 18.2 Å². The Morgan fingerprint density at radius 1 is 1.20 bits per heavy atom. The van der Waals surface area contributed by atoms with Gasteiger partial charge in [0.05, 0.1) is 11.6 Å². The number of hydrogen-bond acceptors (Lipinski definition) is 2. The third-order valence-corrected chi connectivity index (χ3v) is 4.32. The first-order valence-electron chi connectivity index (χ1n) is 5.98. The smallest absolute Gasteiger partial charge is 0.419 e. The van der Waals surface area contributed by atoms with Gasteiger partial charge in [-0.05, 0) is 33.8 Å². The molecule has 0 aliphatic carbocycles. The first kappa shape index (κ1) is 17.3. The first-order valence-corrected chi connectivity index (χ1v) is 7.13. The Morgan fingerprint density at radius 2 is 1.75 bits per heavy atom. The van der Waals surface area contributed by atoms with E-state index in [0.717, 1.165) is 6.07 Å². The molecule has 1 rings (SSSR count). The quantitative estimate of drug-likeness (QED) is 0.677. The molecule has 1 aromatic rings. The van der Waals surface area contributed by atoms with Gasteiger partial charge in [0.2, 0.25) is 0 Å². The Balaban J connectivity index is 3.03. The summed E-state index contributed by atoms with van der Waals surface area (Å²) in [6, 6.07) is 2.28. The predicted molar refractivity (Wildman–Crippen MR) is 70.8 cm³/mol. The van der Waals surface area contributed by atoms with Gasteiger partial charge in [0.25, 0.3) is 0 Å². The molecule has 0 aromatic heterocycles. The van der Waals surface area contributed by atoms with Gasteiger partial charge in [0.15, 0.2) is 0 Å². The molecule has 2 atom stereocenters. The molecule has 20 heavy (non-hydrogen) atoms. The molecule has 0 aliphatic rings. The van der Waals surface area contributed by atoms with E-state index in [1.807, 2.05) is 0 Å². The maximum atomic E-state index is 13.9. The van der Waals surface area contributed by atoms with E-state index in [0.29, 0.717) is 6.07 Å². The fraction of sp³-hybridized carbons (Fsp3) is 0.538. The van der Waals surface area contributed by atoms with Gasteiger partial charge in [-0.2, -0.15) is 13.2 Å². The molecule has 0 unspecified atom stereocenters. The third kappa shape index (κ3) is 4.10. The van der Waals surface area contributed by atoms with Crippen LogP contribution in [0.4, 0.5) is 17.6 Å². The molecule has 114 valence electrons. The lowest BCUT2D eigenvalue weighted by atomic mass is 10.0. The van der Waals surface area contributed by atoms with E-state index < -0.39 is 39.7 Å². The highest BCUT2D eigenvalue weighted by atomic mass is 32.2. The van der Waals surface area contributed by atoms with Crippen LogP contribution in [0.1, 0.15) is 44.9 Å². The van der Waals surface area contributed by atoms with E-state index in [-0.39, 0.29) is 5.56 Å². The van der Waals surface area contributed by atoms with Gasteiger partial charge < -0.3 is 4.55 Å². The third-order valence-electron chi connectivity index (χ3n) is 2.64. The summed E-state index contributed by atoms with van der Waals surface area (Å²) in [5, 5.41) is 0. The van der Waals surface area contributed by atoms with Crippen molar-refractivity contribution in [1.29, 1.82) is 0 Å². The van der Waals surface area contributed by atoms with Gasteiger partial charge in [0, 0.05) is 16.9 Å². The summed E-state index contributed by atoms with van der Waals surface area (Å²) in [5.41, 5.74) is -1.47. The predicted octanol–water partition coefficient (Wildman–Crippen LogP) is 3.96. The number of nitrogens with one attached hydrogen (secondary N) is 1. The number of halogens is 4. The van der Waals surface area contributed by atoms with Crippen molar-refractivity contribution in [2.24, 2.45) is 0 Å². The van der Waals surface area contributed by atoms with Crippen molar-refractivity contribution in [1.82, 2.24) is 4.72 Å². The first-order chi connectivity index (χ1) is 8.94. The van der Waals surface area contributed by atoms with Crippen molar-refractivity contribution in [2.45, 2.75) is 44.7 Å². The summed E-state index contributed by atoms with van der Waals surface area (Å²) in [4.78, 5) is 0. The van der Waals surface area contributed by atoms with E-state index in [4.69, 9.17) is 0 Å². The zero-order chi connectivity index (χ0) is 15.7. The second kappa shape index (κ2) is 5.91. The van der Waals surface area contributed by atoms with Crippen molar-refractivity contribution in [2.75, 3.05) is 0 Å². The zero-order valence-electron chi connectivity index (χ0n) is 11.6. The molecule has 0 fully saturated rings. The molecule has 2 nitrogen and oxygen atoms in total. The Hall–Kier alpha value is -0.790. The molecule has 0 bridgehead atoms. The average Bonchev–Trinajstić information content (AvgIpc) is 2.26. The summed E-state index contributed by atoms with van der Waals surface area (Å²) < 4.78 is 65.7. The van der Waals surface area contributed by atoms with Crippen molar-refractivity contribution < 1.29 is 22.1 Å². The Kier molecular flexibility index (Phi) is 5.10. The van der Waals surface area contributed by atoms with Gasteiger partial charge in [-0.25, -0.2) is 4.39 Å². The lowest BCUT2D eigenvalue weighted by molar-refractivity contribution is -0.140. The monoisotopic (exact) mass is 311 g/mol. The minimum Gasteiger partial charge on any atom is -0.598 e.